The fourth-order valence-electron chi connectivity index (χ4n) is 4.02. The second-order valence-corrected chi connectivity index (χ2v) is 5.93. The molecule has 5 rings (SSSR count). The summed E-state index contributed by atoms with van der Waals surface area (Å²) in [7, 11) is 1.49. The lowest BCUT2D eigenvalue weighted by Gasteiger charge is -2.44. The van der Waals surface area contributed by atoms with Crippen molar-refractivity contribution >= 4 is 5.78 Å². The molecule has 1 aromatic rings. The Morgan fingerprint density at radius 3 is 2.95 bits per heavy atom. The summed E-state index contributed by atoms with van der Waals surface area (Å²) >= 11 is 0. The first kappa shape index (κ1) is 12.9. The number of phenols is 1. The Morgan fingerprint density at radius 2 is 2.19 bits per heavy atom. The predicted molar refractivity (Wildman–Crippen MR) is 72.9 cm³/mol. The molecule has 0 radical (unpaired) electrons. The zero-order valence-electron chi connectivity index (χ0n) is 11.5. The fraction of sp³-hybridized carbons (Fsp3) is 0.438. The van der Waals surface area contributed by atoms with Gasteiger partial charge in [0.2, 0.25) is 5.79 Å². The number of benzene rings is 1. The highest BCUT2D eigenvalue weighted by Crippen LogP contribution is 2.57. The summed E-state index contributed by atoms with van der Waals surface area (Å²) < 4.78 is 10.6. The number of ether oxygens (including phenoxy) is 2. The van der Waals surface area contributed by atoms with Crippen LogP contribution >= 0.6 is 0 Å². The van der Waals surface area contributed by atoms with E-state index in [1.54, 1.807) is 12.1 Å². The number of carbonyl (C=O) groups is 1. The van der Waals surface area contributed by atoms with Crippen molar-refractivity contribution in [3.8, 4) is 11.5 Å². The van der Waals surface area contributed by atoms with Gasteiger partial charge in [0.25, 0.3) is 0 Å². The van der Waals surface area contributed by atoms with Gasteiger partial charge in [0.15, 0.2) is 17.3 Å². The zero-order valence-corrected chi connectivity index (χ0v) is 11.5. The van der Waals surface area contributed by atoms with E-state index in [1.807, 2.05) is 18.2 Å². The number of hydrogen-bond acceptors (Lipinski definition) is 5. The molecule has 5 nitrogen and oxygen atoms in total. The van der Waals surface area contributed by atoms with E-state index < -0.39 is 5.79 Å². The number of aromatic hydroxyl groups is 1. The van der Waals surface area contributed by atoms with Crippen LogP contribution in [0.2, 0.25) is 0 Å². The first-order valence-corrected chi connectivity index (χ1v) is 7.02. The molecule has 2 fully saturated rings. The lowest BCUT2D eigenvalue weighted by molar-refractivity contribution is -0.202. The molecule has 1 aromatic carbocycles. The van der Waals surface area contributed by atoms with Gasteiger partial charge in [-0.15, -0.1) is 0 Å². The second kappa shape index (κ2) is 4.08. The van der Waals surface area contributed by atoms with Crippen LogP contribution in [0.3, 0.4) is 0 Å². The third-order valence-electron chi connectivity index (χ3n) is 5.03. The Bertz CT molecular complexity index is 652. The number of allylic oxidation sites excluding steroid dienone is 1. The third kappa shape index (κ3) is 1.50. The molecule has 2 N–H and O–H groups in total. The summed E-state index contributed by atoms with van der Waals surface area (Å²) in [6.45, 7) is 0.363. The minimum atomic E-state index is -1.64. The number of Topliss-reactive ketones (excluding diaryl/α,β-unsaturated/α-hetero) is 1. The quantitative estimate of drug-likeness (QED) is 0.800. The normalized spacial score (nSPS) is 39.8. The molecule has 21 heavy (non-hydrogen) atoms. The molecule has 1 saturated carbocycles. The van der Waals surface area contributed by atoms with E-state index in [9.17, 15) is 15.0 Å². The summed E-state index contributed by atoms with van der Waals surface area (Å²) in [4.78, 5) is 12.5. The Kier molecular flexibility index (Phi) is 2.50. The molecule has 0 spiro atoms. The van der Waals surface area contributed by atoms with E-state index in [0.717, 1.165) is 5.56 Å². The molecule has 1 heterocycles. The van der Waals surface area contributed by atoms with E-state index >= 15 is 0 Å². The lowest BCUT2D eigenvalue weighted by Crippen LogP contribution is -2.55. The van der Waals surface area contributed by atoms with E-state index in [-0.39, 0.29) is 35.2 Å². The number of phenolic OH excluding ortho intramolecular Hbond substituents is 1. The molecule has 0 amide bonds. The van der Waals surface area contributed by atoms with Gasteiger partial charge in [-0.05, 0) is 17.7 Å². The molecule has 1 saturated heterocycles. The Balaban J connectivity index is 1.81. The Morgan fingerprint density at radius 1 is 1.38 bits per heavy atom. The van der Waals surface area contributed by atoms with E-state index in [2.05, 4.69) is 0 Å². The molecule has 1 aliphatic heterocycles. The monoisotopic (exact) mass is 288 g/mol. The molecule has 5 heteroatoms. The van der Waals surface area contributed by atoms with Gasteiger partial charge in [0.1, 0.15) is 0 Å². The summed E-state index contributed by atoms with van der Waals surface area (Å²) in [6.07, 6.45) is 3.77. The zero-order chi connectivity index (χ0) is 14.8. The maximum atomic E-state index is 12.5. The minimum absolute atomic E-state index is 0.0511. The topological polar surface area (TPSA) is 76.0 Å². The minimum Gasteiger partial charge on any atom is -0.504 e. The van der Waals surface area contributed by atoms with Crippen molar-refractivity contribution in [2.75, 3.05) is 13.7 Å². The Hall–Kier alpha value is -1.85. The Labute approximate surface area is 121 Å². The van der Waals surface area contributed by atoms with Crippen molar-refractivity contribution in [1.29, 1.82) is 0 Å². The first-order valence-electron chi connectivity index (χ1n) is 7.02. The standard InChI is InChI=1S/C16H16O5/c1-20-13-6-8(2-5-12(13)17)14-9-3-4-11-10(14)7-21-16(11,19)15(9)18/h2-6,9-11,14,17,19H,7H2,1H3. The molecule has 5 atom stereocenters. The SMILES string of the molecule is COc1cc(C2C3C=CC4C2COC4(O)C3=O)ccc1O. The fourth-order valence-corrected chi connectivity index (χ4v) is 4.02. The molecular formula is C16H16O5. The van der Waals surface area contributed by atoms with Gasteiger partial charge in [0, 0.05) is 23.7 Å². The number of ketones is 1. The predicted octanol–water partition coefficient (Wildman–Crippen LogP) is 1.20. The highest BCUT2D eigenvalue weighted by Gasteiger charge is 2.64. The van der Waals surface area contributed by atoms with Crippen LogP contribution in [0.4, 0.5) is 0 Å². The van der Waals surface area contributed by atoms with Crippen LogP contribution in [-0.2, 0) is 9.53 Å². The van der Waals surface area contributed by atoms with Crippen LogP contribution in [-0.4, -0.2) is 35.5 Å². The van der Waals surface area contributed by atoms with Crippen LogP contribution in [0.5, 0.6) is 11.5 Å². The van der Waals surface area contributed by atoms with Crippen molar-refractivity contribution in [1.82, 2.24) is 0 Å². The maximum Gasteiger partial charge on any atom is 0.233 e. The van der Waals surface area contributed by atoms with Gasteiger partial charge >= 0.3 is 0 Å². The highest BCUT2D eigenvalue weighted by atomic mass is 16.6. The summed E-state index contributed by atoms with van der Waals surface area (Å²) in [5.41, 5.74) is 0.926. The molecule has 0 aromatic heterocycles. The van der Waals surface area contributed by atoms with Crippen molar-refractivity contribution in [3.05, 3.63) is 35.9 Å². The van der Waals surface area contributed by atoms with Gasteiger partial charge < -0.3 is 19.7 Å². The smallest absolute Gasteiger partial charge is 0.233 e. The summed E-state index contributed by atoms with van der Waals surface area (Å²) in [5, 5.41) is 20.1. The van der Waals surface area contributed by atoms with Gasteiger partial charge in [-0.3, -0.25) is 4.79 Å². The van der Waals surface area contributed by atoms with Crippen molar-refractivity contribution in [3.63, 3.8) is 0 Å². The average molecular weight is 288 g/mol. The van der Waals surface area contributed by atoms with Gasteiger partial charge in [-0.25, -0.2) is 0 Å². The van der Waals surface area contributed by atoms with Gasteiger partial charge in [-0.2, -0.15) is 0 Å². The molecule has 3 aliphatic carbocycles. The largest absolute Gasteiger partial charge is 0.504 e. The molecule has 5 unspecified atom stereocenters. The molecular weight excluding hydrogens is 272 g/mol. The number of carbonyl (C=O) groups excluding carboxylic acids is 1. The average Bonchev–Trinajstić information content (AvgIpc) is 2.81. The van der Waals surface area contributed by atoms with Crippen LogP contribution in [0.25, 0.3) is 0 Å². The van der Waals surface area contributed by atoms with Crippen molar-refractivity contribution in [2.24, 2.45) is 17.8 Å². The molecule has 4 bridgehead atoms. The number of aliphatic hydroxyl groups is 1. The van der Waals surface area contributed by atoms with Crippen LogP contribution < -0.4 is 4.74 Å². The molecule has 110 valence electrons. The van der Waals surface area contributed by atoms with Gasteiger partial charge in [-0.1, -0.05) is 18.2 Å². The number of rotatable bonds is 2. The third-order valence-corrected chi connectivity index (χ3v) is 5.03. The first-order chi connectivity index (χ1) is 10.1. The van der Waals surface area contributed by atoms with Crippen molar-refractivity contribution < 1.29 is 24.5 Å². The molecule has 4 aliphatic rings. The maximum absolute atomic E-state index is 12.5. The van der Waals surface area contributed by atoms with Gasteiger partial charge in [0.05, 0.1) is 13.7 Å². The van der Waals surface area contributed by atoms with Crippen LogP contribution in [0.1, 0.15) is 11.5 Å². The van der Waals surface area contributed by atoms with E-state index in [1.165, 1.54) is 7.11 Å². The number of methoxy groups -OCH3 is 1. The number of hydrogen-bond donors (Lipinski definition) is 2. The highest BCUT2D eigenvalue weighted by molar-refractivity contribution is 5.93. The second-order valence-electron chi connectivity index (χ2n) is 5.93. The van der Waals surface area contributed by atoms with E-state index in [0.29, 0.717) is 12.4 Å². The van der Waals surface area contributed by atoms with E-state index in [4.69, 9.17) is 9.47 Å². The van der Waals surface area contributed by atoms with Crippen molar-refractivity contribution in [2.45, 2.75) is 11.7 Å². The van der Waals surface area contributed by atoms with Crippen LogP contribution in [0.15, 0.2) is 30.4 Å². The summed E-state index contributed by atoms with van der Waals surface area (Å²) in [5.74, 6) is -2.10. The lowest BCUT2D eigenvalue weighted by atomic mass is 9.59. The van der Waals surface area contributed by atoms with Crippen LogP contribution in [0, 0.1) is 17.8 Å². The summed E-state index contributed by atoms with van der Waals surface area (Å²) in [6, 6.07) is 5.15.